The first-order chi connectivity index (χ1) is 6.59. The second-order valence-corrected chi connectivity index (χ2v) is 3.15. The third-order valence-electron chi connectivity index (χ3n) is 1.59. The molecule has 0 bridgehead atoms. The molecule has 1 rings (SSSR count). The summed E-state index contributed by atoms with van der Waals surface area (Å²) < 4.78 is 12.9. The number of halogens is 2. The molecule has 0 heterocycles. The fourth-order valence-corrected chi connectivity index (χ4v) is 1.08. The fraction of sp³-hybridized carbons (Fsp3) is 0.222. The van der Waals surface area contributed by atoms with Gasteiger partial charge < -0.3 is 10.4 Å². The number of benzene rings is 1. The van der Waals surface area contributed by atoms with Crippen molar-refractivity contribution < 1.29 is 14.3 Å². The number of hydrogen-bond acceptors (Lipinski definition) is 2. The zero-order valence-corrected chi connectivity index (χ0v) is 8.01. The highest BCUT2D eigenvalue weighted by Gasteiger charge is 2.01. The summed E-state index contributed by atoms with van der Waals surface area (Å²) in [7, 11) is 0. The maximum absolute atomic E-state index is 12.9. The molecule has 0 amide bonds. The third-order valence-corrected chi connectivity index (χ3v) is 1.90. The molecule has 14 heavy (non-hydrogen) atoms. The van der Waals surface area contributed by atoms with Crippen LogP contribution in [0.3, 0.4) is 0 Å². The molecule has 0 aliphatic rings. The molecule has 0 aromatic heterocycles. The first kappa shape index (κ1) is 10.9. The summed E-state index contributed by atoms with van der Waals surface area (Å²) in [6, 6.07) is 4.35. The molecule has 0 aliphatic heterocycles. The van der Waals surface area contributed by atoms with Gasteiger partial charge in [-0.3, -0.25) is 4.79 Å². The number of carboxylic acids is 1. The van der Waals surface area contributed by atoms with Crippen molar-refractivity contribution in [1.82, 2.24) is 5.32 Å². The van der Waals surface area contributed by atoms with Crippen LogP contribution in [0.2, 0.25) is 5.02 Å². The van der Waals surface area contributed by atoms with Crippen molar-refractivity contribution in [2.45, 2.75) is 6.54 Å². The van der Waals surface area contributed by atoms with Crippen LogP contribution in [0.25, 0.3) is 0 Å². The van der Waals surface area contributed by atoms with Crippen LogP contribution in [-0.2, 0) is 11.3 Å². The predicted octanol–water partition coefficient (Wildman–Crippen LogP) is 1.65. The van der Waals surface area contributed by atoms with Crippen molar-refractivity contribution in [3.8, 4) is 0 Å². The van der Waals surface area contributed by atoms with E-state index < -0.39 is 11.8 Å². The summed E-state index contributed by atoms with van der Waals surface area (Å²) >= 11 is 5.48. The maximum atomic E-state index is 12.9. The highest BCUT2D eigenvalue weighted by Crippen LogP contribution is 2.15. The smallest absolute Gasteiger partial charge is 0.317 e. The van der Waals surface area contributed by atoms with E-state index in [4.69, 9.17) is 16.7 Å². The van der Waals surface area contributed by atoms with Crippen LogP contribution >= 0.6 is 11.6 Å². The summed E-state index contributed by atoms with van der Waals surface area (Å²) in [5, 5.41) is 11.0. The van der Waals surface area contributed by atoms with Crippen molar-refractivity contribution in [2.75, 3.05) is 6.54 Å². The van der Waals surface area contributed by atoms with Crippen LogP contribution in [0.15, 0.2) is 18.2 Å². The Bertz CT molecular complexity index is 344. The van der Waals surface area contributed by atoms with E-state index in [1.165, 1.54) is 12.1 Å². The highest BCUT2D eigenvalue weighted by atomic mass is 35.5. The lowest BCUT2D eigenvalue weighted by atomic mass is 10.2. The van der Waals surface area contributed by atoms with Crippen molar-refractivity contribution in [3.05, 3.63) is 34.6 Å². The van der Waals surface area contributed by atoms with Gasteiger partial charge >= 0.3 is 5.97 Å². The molecule has 76 valence electrons. The van der Waals surface area contributed by atoms with Gasteiger partial charge in [0.1, 0.15) is 5.82 Å². The van der Waals surface area contributed by atoms with Gasteiger partial charge in [-0.15, -0.1) is 0 Å². The lowest BCUT2D eigenvalue weighted by Gasteiger charge is -2.02. The first-order valence-electron chi connectivity index (χ1n) is 3.96. The third kappa shape index (κ3) is 3.32. The number of rotatable bonds is 4. The van der Waals surface area contributed by atoms with E-state index in [-0.39, 0.29) is 11.6 Å². The lowest BCUT2D eigenvalue weighted by Crippen LogP contribution is -2.21. The lowest BCUT2D eigenvalue weighted by molar-refractivity contribution is -0.135. The van der Waals surface area contributed by atoms with Crippen LogP contribution in [0.1, 0.15) is 5.56 Å². The largest absolute Gasteiger partial charge is 0.480 e. The van der Waals surface area contributed by atoms with Gasteiger partial charge in [0.05, 0.1) is 11.6 Å². The summed E-state index contributed by atoms with van der Waals surface area (Å²) in [6.07, 6.45) is 0. The normalized spacial score (nSPS) is 10.1. The van der Waals surface area contributed by atoms with E-state index in [1.54, 1.807) is 6.07 Å². The van der Waals surface area contributed by atoms with Gasteiger partial charge in [0, 0.05) is 6.54 Å². The molecule has 0 saturated heterocycles. The average Bonchev–Trinajstić information content (AvgIpc) is 2.10. The minimum Gasteiger partial charge on any atom is -0.480 e. The van der Waals surface area contributed by atoms with Gasteiger partial charge in [-0.1, -0.05) is 17.7 Å². The number of hydrogen-bond donors (Lipinski definition) is 2. The zero-order valence-electron chi connectivity index (χ0n) is 7.26. The Hall–Kier alpha value is -1.13. The van der Waals surface area contributed by atoms with Crippen LogP contribution < -0.4 is 5.32 Å². The molecule has 5 heteroatoms. The van der Waals surface area contributed by atoms with Crippen molar-refractivity contribution in [2.24, 2.45) is 0 Å². The van der Waals surface area contributed by atoms with E-state index in [0.717, 1.165) is 0 Å². The standard InChI is InChI=1S/C9H9ClFNO2/c10-7-2-1-6(3-8(7)11)4-12-5-9(13)14/h1-3,12H,4-5H2,(H,13,14). The molecule has 2 N–H and O–H groups in total. The second-order valence-electron chi connectivity index (χ2n) is 2.75. The Labute approximate surface area is 85.5 Å². The Morgan fingerprint density at radius 1 is 1.57 bits per heavy atom. The Morgan fingerprint density at radius 2 is 2.29 bits per heavy atom. The monoisotopic (exact) mass is 217 g/mol. The minimum absolute atomic E-state index is 0.0620. The Balaban J connectivity index is 2.51. The molecule has 0 atom stereocenters. The van der Waals surface area contributed by atoms with Crippen LogP contribution in [0.4, 0.5) is 4.39 Å². The second kappa shape index (κ2) is 4.93. The number of carbonyl (C=O) groups is 1. The van der Waals surface area contributed by atoms with Crippen LogP contribution in [0, 0.1) is 5.82 Å². The first-order valence-corrected chi connectivity index (χ1v) is 4.34. The Morgan fingerprint density at radius 3 is 2.86 bits per heavy atom. The molecular formula is C9H9ClFNO2. The zero-order chi connectivity index (χ0) is 10.6. The molecule has 0 fully saturated rings. The molecule has 0 saturated carbocycles. The Kier molecular flexibility index (Phi) is 3.85. The maximum Gasteiger partial charge on any atom is 0.317 e. The molecular weight excluding hydrogens is 209 g/mol. The molecule has 0 spiro atoms. The van der Waals surface area contributed by atoms with E-state index in [2.05, 4.69) is 5.32 Å². The molecule has 0 aliphatic carbocycles. The minimum atomic E-state index is -0.945. The van der Waals surface area contributed by atoms with E-state index in [0.29, 0.717) is 12.1 Å². The van der Waals surface area contributed by atoms with Gasteiger partial charge in [0.25, 0.3) is 0 Å². The quantitative estimate of drug-likeness (QED) is 0.807. The molecule has 1 aromatic rings. The number of aliphatic carboxylic acids is 1. The fourth-order valence-electron chi connectivity index (χ4n) is 0.963. The summed E-state index contributed by atoms with van der Waals surface area (Å²) in [5.41, 5.74) is 0.660. The van der Waals surface area contributed by atoms with Gasteiger partial charge in [-0.05, 0) is 17.7 Å². The number of nitrogens with one attached hydrogen (secondary N) is 1. The van der Waals surface area contributed by atoms with Crippen molar-refractivity contribution in [1.29, 1.82) is 0 Å². The van der Waals surface area contributed by atoms with Crippen LogP contribution in [0.5, 0.6) is 0 Å². The van der Waals surface area contributed by atoms with Gasteiger partial charge in [-0.2, -0.15) is 0 Å². The van der Waals surface area contributed by atoms with Gasteiger partial charge in [0.15, 0.2) is 0 Å². The summed E-state index contributed by atoms with van der Waals surface area (Å²) in [6.45, 7) is 0.157. The summed E-state index contributed by atoms with van der Waals surface area (Å²) in [4.78, 5) is 10.2. The average molecular weight is 218 g/mol. The number of carboxylic acid groups (broad SMARTS) is 1. The van der Waals surface area contributed by atoms with Crippen LogP contribution in [-0.4, -0.2) is 17.6 Å². The summed E-state index contributed by atoms with van der Waals surface area (Å²) in [5.74, 6) is -1.44. The van der Waals surface area contributed by atoms with E-state index >= 15 is 0 Å². The highest BCUT2D eigenvalue weighted by molar-refractivity contribution is 6.30. The molecule has 1 aromatic carbocycles. The molecule has 0 radical (unpaired) electrons. The molecule has 0 unspecified atom stereocenters. The van der Waals surface area contributed by atoms with Crippen molar-refractivity contribution >= 4 is 17.6 Å². The molecule has 3 nitrogen and oxygen atoms in total. The van der Waals surface area contributed by atoms with Crippen molar-refractivity contribution in [3.63, 3.8) is 0 Å². The topological polar surface area (TPSA) is 49.3 Å². The van der Waals surface area contributed by atoms with E-state index in [9.17, 15) is 9.18 Å². The van der Waals surface area contributed by atoms with E-state index in [1.807, 2.05) is 0 Å². The SMILES string of the molecule is O=C(O)CNCc1ccc(Cl)c(F)c1. The van der Waals surface area contributed by atoms with Gasteiger partial charge in [0.2, 0.25) is 0 Å². The predicted molar refractivity (Wildman–Crippen MR) is 50.8 cm³/mol. The van der Waals surface area contributed by atoms with Gasteiger partial charge in [-0.25, -0.2) is 4.39 Å².